The molecule has 1 heterocycles. The van der Waals surface area contributed by atoms with E-state index in [0.717, 1.165) is 11.3 Å². The summed E-state index contributed by atoms with van der Waals surface area (Å²) < 4.78 is 5.00. The van der Waals surface area contributed by atoms with Crippen LogP contribution in [0.1, 0.15) is 5.56 Å². The first-order chi connectivity index (χ1) is 4.38. The van der Waals surface area contributed by atoms with Crippen molar-refractivity contribution < 1.29 is 9.84 Å². The van der Waals surface area contributed by atoms with Crippen molar-refractivity contribution >= 4 is 0 Å². The molecule has 2 nitrogen and oxygen atoms in total. The molecule has 1 aromatic rings. The summed E-state index contributed by atoms with van der Waals surface area (Å²) in [4.78, 5) is 0. The molecule has 0 spiro atoms. The fourth-order valence-corrected chi connectivity index (χ4v) is 0.904. The first-order valence-electron chi connectivity index (χ1n) is 2.81. The van der Waals surface area contributed by atoms with Gasteiger partial charge < -0.3 is 9.84 Å². The highest BCUT2D eigenvalue weighted by molar-refractivity contribution is 5.47. The van der Waals surface area contributed by atoms with Gasteiger partial charge in [0, 0.05) is 0 Å². The summed E-state index contributed by atoms with van der Waals surface area (Å²) in [6.45, 7) is 0.558. The van der Waals surface area contributed by atoms with Crippen molar-refractivity contribution in [2.75, 3.05) is 0 Å². The number of ether oxygens (including phenoxy) is 1. The molecule has 2 heteroatoms. The van der Waals surface area contributed by atoms with E-state index in [1.165, 1.54) is 0 Å². The predicted molar refractivity (Wildman–Crippen MR) is 32.4 cm³/mol. The second kappa shape index (κ2) is 1.41. The van der Waals surface area contributed by atoms with E-state index < -0.39 is 0 Å². The van der Waals surface area contributed by atoms with E-state index in [4.69, 9.17) is 9.84 Å². The fourth-order valence-electron chi connectivity index (χ4n) is 0.904. The first kappa shape index (κ1) is 4.68. The summed E-state index contributed by atoms with van der Waals surface area (Å²) in [6, 6.07) is 5.28. The Balaban J connectivity index is 2.64. The number of hydrogen-bond acceptors (Lipinski definition) is 2. The van der Waals surface area contributed by atoms with Crippen LogP contribution in [-0.4, -0.2) is 5.11 Å². The second-order valence-electron chi connectivity index (χ2n) is 2.04. The fraction of sp³-hybridized carbons (Fsp3) is 0.143. The molecule has 2 rings (SSSR count). The van der Waals surface area contributed by atoms with Crippen LogP contribution in [0.25, 0.3) is 0 Å². The molecule has 0 bridgehead atoms. The topological polar surface area (TPSA) is 29.5 Å². The smallest absolute Gasteiger partial charge is 0.130 e. The van der Waals surface area contributed by atoms with Gasteiger partial charge in [0.25, 0.3) is 0 Å². The molecule has 1 N–H and O–H groups in total. The third kappa shape index (κ3) is 0.499. The van der Waals surface area contributed by atoms with Crippen LogP contribution in [0.15, 0.2) is 18.2 Å². The summed E-state index contributed by atoms with van der Waals surface area (Å²) in [7, 11) is 0. The van der Waals surface area contributed by atoms with Crippen molar-refractivity contribution in [3.05, 3.63) is 23.8 Å². The van der Waals surface area contributed by atoms with Gasteiger partial charge >= 0.3 is 0 Å². The van der Waals surface area contributed by atoms with Gasteiger partial charge in [0.15, 0.2) is 0 Å². The maximum Gasteiger partial charge on any atom is 0.130 e. The average Bonchev–Trinajstić information content (AvgIpc) is 1.74. The van der Waals surface area contributed by atoms with Gasteiger partial charge in [-0.1, -0.05) is 6.07 Å². The number of hydrogen-bond donors (Lipinski definition) is 1. The first-order valence-corrected chi connectivity index (χ1v) is 2.81. The van der Waals surface area contributed by atoms with Crippen molar-refractivity contribution in [1.82, 2.24) is 0 Å². The van der Waals surface area contributed by atoms with E-state index in [-0.39, 0.29) is 0 Å². The number of benzene rings is 1. The van der Waals surface area contributed by atoms with Gasteiger partial charge in [-0.2, -0.15) is 0 Å². The zero-order chi connectivity index (χ0) is 6.27. The van der Waals surface area contributed by atoms with E-state index in [1.807, 2.05) is 6.07 Å². The molecular weight excluding hydrogens is 116 g/mol. The van der Waals surface area contributed by atoms with Gasteiger partial charge in [0.05, 0.1) is 5.56 Å². The van der Waals surface area contributed by atoms with Gasteiger partial charge in [-0.25, -0.2) is 0 Å². The number of phenols is 1. The monoisotopic (exact) mass is 122 g/mol. The van der Waals surface area contributed by atoms with Crippen LogP contribution < -0.4 is 4.74 Å². The lowest BCUT2D eigenvalue weighted by Gasteiger charge is -2.20. The number of phenolic OH excluding ortho intramolecular Hbond substituents is 1. The van der Waals surface area contributed by atoms with Crippen LogP contribution in [0.5, 0.6) is 11.5 Å². The van der Waals surface area contributed by atoms with E-state index in [2.05, 4.69) is 0 Å². The Kier molecular flexibility index (Phi) is 0.730. The molecule has 0 amide bonds. The molecule has 1 aromatic carbocycles. The standard InChI is InChI=1S/C7H6O2/c8-6-2-1-3-7-5(6)4-9-7/h1-3,8H,4H2. The summed E-state index contributed by atoms with van der Waals surface area (Å²) in [5.74, 6) is 1.16. The van der Waals surface area contributed by atoms with Crippen LogP contribution in [0.2, 0.25) is 0 Å². The number of fused-ring (bicyclic) bond motifs is 1. The Hall–Kier alpha value is -1.18. The van der Waals surface area contributed by atoms with Crippen molar-refractivity contribution in [2.24, 2.45) is 0 Å². The molecule has 0 atom stereocenters. The summed E-state index contributed by atoms with van der Waals surface area (Å²) in [6.07, 6.45) is 0. The molecule has 9 heavy (non-hydrogen) atoms. The lowest BCUT2D eigenvalue weighted by molar-refractivity contribution is 0.234. The molecule has 0 radical (unpaired) electrons. The molecule has 0 fully saturated rings. The number of rotatable bonds is 0. The van der Waals surface area contributed by atoms with Crippen molar-refractivity contribution in [3.8, 4) is 11.5 Å². The zero-order valence-corrected chi connectivity index (χ0v) is 4.79. The minimum Gasteiger partial charge on any atom is -0.507 e. The summed E-state index contributed by atoms with van der Waals surface area (Å²) in [5.41, 5.74) is 0.928. The molecule has 0 aromatic heterocycles. The molecule has 0 saturated carbocycles. The zero-order valence-electron chi connectivity index (χ0n) is 4.79. The van der Waals surface area contributed by atoms with Crippen molar-refractivity contribution in [3.63, 3.8) is 0 Å². The molecule has 46 valence electrons. The lowest BCUT2D eigenvalue weighted by Crippen LogP contribution is -2.08. The Morgan fingerprint density at radius 2 is 2.33 bits per heavy atom. The Morgan fingerprint density at radius 1 is 1.44 bits per heavy atom. The Bertz CT molecular complexity index is 228. The maximum atomic E-state index is 9.07. The van der Waals surface area contributed by atoms with Crippen LogP contribution in [0, 0.1) is 0 Å². The quantitative estimate of drug-likeness (QED) is 0.561. The van der Waals surface area contributed by atoms with Gasteiger partial charge in [-0.05, 0) is 12.1 Å². The van der Waals surface area contributed by atoms with Crippen LogP contribution >= 0.6 is 0 Å². The summed E-state index contributed by atoms with van der Waals surface area (Å²) in [5, 5.41) is 9.07. The number of aromatic hydroxyl groups is 1. The predicted octanol–water partition coefficient (Wildman–Crippen LogP) is 1.28. The van der Waals surface area contributed by atoms with Crippen molar-refractivity contribution in [2.45, 2.75) is 6.61 Å². The van der Waals surface area contributed by atoms with E-state index in [0.29, 0.717) is 12.4 Å². The molecule has 1 aliphatic rings. The maximum absolute atomic E-state index is 9.07. The van der Waals surface area contributed by atoms with Gasteiger partial charge in [0.1, 0.15) is 18.1 Å². The SMILES string of the molecule is Oc1cccc2c1CO2. The second-order valence-corrected chi connectivity index (χ2v) is 2.04. The third-order valence-corrected chi connectivity index (χ3v) is 1.48. The van der Waals surface area contributed by atoms with Crippen LogP contribution in [0.3, 0.4) is 0 Å². The lowest BCUT2D eigenvalue weighted by atomic mass is 10.1. The van der Waals surface area contributed by atoms with Gasteiger partial charge in [-0.15, -0.1) is 0 Å². The minimum atomic E-state index is 0.346. The largest absolute Gasteiger partial charge is 0.507 e. The molecule has 0 aliphatic carbocycles. The highest BCUT2D eigenvalue weighted by atomic mass is 16.5. The van der Waals surface area contributed by atoms with Crippen LogP contribution in [-0.2, 0) is 6.61 Å². The van der Waals surface area contributed by atoms with Crippen molar-refractivity contribution in [1.29, 1.82) is 0 Å². The van der Waals surface area contributed by atoms with Crippen LogP contribution in [0.4, 0.5) is 0 Å². The Labute approximate surface area is 52.7 Å². The molecule has 0 saturated heterocycles. The normalized spacial score (nSPS) is 13.3. The van der Waals surface area contributed by atoms with E-state index in [9.17, 15) is 0 Å². The van der Waals surface area contributed by atoms with E-state index in [1.54, 1.807) is 12.1 Å². The van der Waals surface area contributed by atoms with Gasteiger partial charge in [-0.3, -0.25) is 0 Å². The Morgan fingerprint density at radius 3 is 2.78 bits per heavy atom. The highest BCUT2D eigenvalue weighted by Crippen LogP contribution is 2.35. The van der Waals surface area contributed by atoms with Gasteiger partial charge in [0.2, 0.25) is 0 Å². The highest BCUT2D eigenvalue weighted by Gasteiger charge is 2.16. The third-order valence-electron chi connectivity index (χ3n) is 1.48. The molecular formula is C7H6O2. The summed E-state index contributed by atoms with van der Waals surface area (Å²) >= 11 is 0. The molecule has 0 unspecified atom stereocenters. The molecule has 1 aliphatic heterocycles. The minimum absolute atomic E-state index is 0.346. The van der Waals surface area contributed by atoms with E-state index >= 15 is 0 Å². The average molecular weight is 122 g/mol.